The van der Waals surface area contributed by atoms with Crippen molar-refractivity contribution in [2.24, 2.45) is 0 Å². The number of unbranched alkanes of at least 4 members (excludes halogenated alkanes) is 1. The van der Waals surface area contributed by atoms with Crippen molar-refractivity contribution in [1.82, 2.24) is 10.2 Å². The number of hydrogen-bond acceptors (Lipinski definition) is 2. The van der Waals surface area contributed by atoms with Gasteiger partial charge in [0.25, 0.3) is 0 Å². The molecule has 1 unspecified atom stereocenters. The zero-order valence-corrected chi connectivity index (χ0v) is 18.6. The lowest BCUT2D eigenvalue weighted by molar-refractivity contribution is -0.141. The number of hydrogen-bond donors (Lipinski definition) is 1. The average molecular weight is 433 g/mol. The second-order valence-electron chi connectivity index (χ2n) is 7.46. The van der Waals surface area contributed by atoms with Gasteiger partial charge in [-0.25, -0.2) is 4.39 Å². The number of nitrogens with zero attached hydrogens (tertiary/aromatic N) is 1. The van der Waals surface area contributed by atoms with E-state index in [1.54, 1.807) is 11.0 Å². The normalized spacial score (nSPS) is 11.8. The van der Waals surface area contributed by atoms with E-state index in [-0.39, 0.29) is 35.4 Å². The second-order valence-corrected chi connectivity index (χ2v) is 7.86. The molecule has 0 bridgehead atoms. The SMILES string of the molecule is CCCCNC(=O)C(CC)N(Cc1cccc(C)c1)C(=O)Cc1c(F)cccc1Cl. The van der Waals surface area contributed by atoms with E-state index in [2.05, 4.69) is 12.2 Å². The van der Waals surface area contributed by atoms with Crippen molar-refractivity contribution in [3.63, 3.8) is 0 Å². The molecule has 0 radical (unpaired) electrons. The number of rotatable bonds is 10. The van der Waals surface area contributed by atoms with Crippen molar-refractivity contribution in [3.05, 3.63) is 70.0 Å². The van der Waals surface area contributed by atoms with Crippen LogP contribution in [0.2, 0.25) is 5.02 Å². The maximum Gasteiger partial charge on any atom is 0.242 e. The zero-order valence-electron chi connectivity index (χ0n) is 17.9. The third kappa shape index (κ3) is 6.56. The summed E-state index contributed by atoms with van der Waals surface area (Å²) in [6.07, 6.45) is 2.10. The number of halogens is 2. The number of carbonyl (C=O) groups excluding carboxylic acids is 2. The third-order valence-corrected chi connectivity index (χ3v) is 5.39. The molecule has 0 saturated heterocycles. The topological polar surface area (TPSA) is 49.4 Å². The summed E-state index contributed by atoms with van der Waals surface area (Å²) >= 11 is 6.13. The molecule has 30 heavy (non-hydrogen) atoms. The fourth-order valence-electron chi connectivity index (χ4n) is 3.39. The first-order valence-corrected chi connectivity index (χ1v) is 10.8. The summed E-state index contributed by atoms with van der Waals surface area (Å²) in [5, 5.41) is 3.13. The van der Waals surface area contributed by atoms with E-state index in [0.29, 0.717) is 13.0 Å². The van der Waals surface area contributed by atoms with Gasteiger partial charge in [-0.15, -0.1) is 0 Å². The molecule has 1 N–H and O–H groups in total. The Bertz CT molecular complexity index is 852. The van der Waals surface area contributed by atoms with Gasteiger partial charge >= 0.3 is 0 Å². The Hall–Kier alpha value is -2.40. The molecule has 2 aromatic carbocycles. The molecule has 0 aromatic heterocycles. The summed E-state index contributed by atoms with van der Waals surface area (Å²) in [7, 11) is 0. The summed E-state index contributed by atoms with van der Waals surface area (Å²) in [4.78, 5) is 27.6. The molecule has 6 heteroatoms. The van der Waals surface area contributed by atoms with Crippen molar-refractivity contribution in [1.29, 1.82) is 0 Å². The molecule has 1 atom stereocenters. The highest BCUT2D eigenvalue weighted by Gasteiger charge is 2.29. The first kappa shape index (κ1) is 23.9. The standard InChI is InChI=1S/C24H30ClFN2O2/c1-4-6-13-27-24(30)22(5-2)28(16-18-10-7-9-17(3)14-18)23(29)15-19-20(25)11-8-12-21(19)26/h7-12,14,22H,4-6,13,15-16H2,1-3H3,(H,27,30). The minimum absolute atomic E-state index is 0.152. The lowest BCUT2D eigenvalue weighted by Gasteiger charge is -2.31. The van der Waals surface area contributed by atoms with Crippen molar-refractivity contribution in [2.45, 2.75) is 59.0 Å². The number of amides is 2. The van der Waals surface area contributed by atoms with E-state index < -0.39 is 11.9 Å². The van der Waals surface area contributed by atoms with Crippen molar-refractivity contribution in [3.8, 4) is 0 Å². The number of carbonyl (C=O) groups is 2. The van der Waals surface area contributed by atoms with Crippen LogP contribution in [0, 0.1) is 12.7 Å². The Kier molecular flexibility index (Phi) is 9.31. The van der Waals surface area contributed by atoms with Crippen LogP contribution < -0.4 is 5.32 Å². The van der Waals surface area contributed by atoms with E-state index in [1.165, 1.54) is 12.1 Å². The average Bonchev–Trinajstić information content (AvgIpc) is 2.71. The van der Waals surface area contributed by atoms with Gasteiger partial charge in [-0.3, -0.25) is 9.59 Å². The molecule has 162 valence electrons. The van der Waals surface area contributed by atoms with E-state index in [1.807, 2.05) is 38.1 Å². The Morgan fingerprint density at radius 2 is 1.90 bits per heavy atom. The van der Waals surface area contributed by atoms with E-state index >= 15 is 0 Å². The van der Waals surface area contributed by atoms with Crippen LogP contribution >= 0.6 is 11.6 Å². The van der Waals surface area contributed by atoms with E-state index in [4.69, 9.17) is 11.6 Å². The molecule has 0 saturated carbocycles. The molecule has 0 aliphatic rings. The minimum atomic E-state index is -0.639. The maximum atomic E-state index is 14.3. The Labute approximate surface area is 183 Å². The van der Waals surface area contributed by atoms with Gasteiger partial charge in [0.05, 0.1) is 6.42 Å². The summed E-state index contributed by atoms with van der Waals surface area (Å²) < 4.78 is 14.3. The summed E-state index contributed by atoms with van der Waals surface area (Å²) in [6.45, 7) is 6.74. The van der Waals surface area contributed by atoms with E-state index in [0.717, 1.165) is 24.0 Å². The molecule has 0 aliphatic heterocycles. The van der Waals surface area contributed by atoms with Gasteiger partial charge in [0.2, 0.25) is 11.8 Å². The van der Waals surface area contributed by atoms with Crippen molar-refractivity contribution < 1.29 is 14.0 Å². The van der Waals surface area contributed by atoms with Gasteiger partial charge in [-0.2, -0.15) is 0 Å². The van der Waals surface area contributed by atoms with Crippen molar-refractivity contribution in [2.75, 3.05) is 6.54 Å². The van der Waals surface area contributed by atoms with Crippen LogP contribution in [0.4, 0.5) is 4.39 Å². The molecule has 2 rings (SSSR count). The van der Waals surface area contributed by atoms with Crippen LogP contribution in [0.1, 0.15) is 49.8 Å². The highest BCUT2D eigenvalue weighted by atomic mass is 35.5. The largest absolute Gasteiger partial charge is 0.354 e. The molecule has 0 heterocycles. The monoisotopic (exact) mass is 432 g/mol. The van der Waals surface area contributed by atoms with Gasteiger partial charge in [0.15, 0.2) is 0 Å². The van der Waals surface area contributed by atoms with Crippen LogP contribution in [0.15, 0.2) is 42.5 Å². The highest BCUT2D eigenvalue weighted by Crippen LogP contribution is 2.22. The summed E-state index contributed by atoms with van der Waals surface area (Å²) in [5.41, 5.74) is 2.14. The van der Waals surface area contributed by atoms with Crippen LogP contribution in [-0.4, -0.2) is 29.3 Å². The maximum absolute atomic E-state index is 14.3. The van der Waals surface area contributed by atoms with Crippen LogP contribution in [-0.2, 0) is 22.6 Å². The molecule has 2 amide bonds. The van der Waals surface area contributed by atoms with Gasteiger partial charge in [-0.1, -0.05) is 67.8 Å². The number of benzene rings is 2. The quantitative estimate of drug-likeness (QED) is 0.534. The van der Waals surface area contributed by atoms with Crippen LogP contribution in [0.5, 0.6) is 0 Å². The lowest BCUT2D eigenvalue weighted by Crippen LogP contribution is -2.49. The van der Waals surface area contributed by atoms with Gasteiger partial charge in [0, 0.05) is 23.7 Å². The smallest absolute Gasteiger partial charge is 0.242 e. The third-order valence-electron chi connectivity index (χ3n) is 5.04. The number of aryl methyl sites for hydroxylation is 1. The molecule has 4 nitrogen and oxygen atoms in total. The predicted octanol–water partition coefficient (Wildman–Crippen LogP) is 5.05. The zero-order chi connectivity index (χ0) is 22.1. The molecule has 2 aromatic rings. The summed E-state index contributed by atoms with van der Waals surface area (Å²) in [6, 6.07) is 11.5. The van der Waals surface area contributed by atoms with Crippen molar-refractivity contribution >= 4 is 23.4 Å². The van der Waals surface area contributed by atoms with Gasteiger partial charge in [0.1, 0.15) is 11.9 Å². The highest BCUT2D eigenvalue weighted by molar-refractivity contribution is 6.31. The Balaban J connectivity index is 2.31. The molecule has 0 spiro atoms. The Morgan fingerprint density at radius 3 is 2.53 bits per heavy atom. The first-order chi connectivity index (χ1) is 14.4. The van der Waals surface area contributed by atoms with Gasteiger partial charge in [-0.05, 0) is 37.5 Å². The molecular weight excluding hydrogens is 403 g/mol. The molecule has 0 aliphatic carbocycles. The second kappa shape index (κ2) is 11.7. The fraction of sp³-hybridized carbons (Fsp3) is 0.417. The fourth-order valence-corrected chi connectivity index (χ4v) is 3.62. The lowest BCUT2D eigenvalue weighted by atomic mass is 10.1. The summed E-state index contributed by atoms with van der Waals surface area (Å²) in [5.74, 6) is -1.04. The van der Waals surface area contributed by atoms with Gasteiger partial charge < -0.3 is 10.2 Å². The first-order valence-electron chi connectivity index (χ1n) is 10.4. The minimum Gasteiger partial charge on any atom is -0.354 e. The van der Waals surface area contributed by atoms with Crippen LogP contribution in [0.25, 0.3) is 0 Å². The number of nitrogens with one attached hydrogen (secondary N) is 1. The Morgan fingerprint density at radius 1 is 1.17 bits per heavy atom. The van der Waals surface area contributed by atoms with E-state index in [9.17, 15) is 14.0 Å². The molecule has 0 fully saturated rings. The predicted molar refractivity (Wildman–Crippen MR) is 119 cm³/mol. The molecular formula is C24H30ClFN2O2. The van der Waals surface area contributed by atoms with Crippen LogP contribution in [0.3, 0.4) is 0 Å².